The molecule has 19 heavy (non-hydrogen) atoms. The Morgan fingerprint density at radius 1 is 1.32 bits per heavy atom. The molecule has 0 radical (unpaired) electrons. The van der Waals surface area contributed by atoms with Crippen molar-refractivity contribution in [1.29, 1.82) is 0 Å². The lowest BCUT2D eigenvalue weighted by Crippen LogP contribution is -2.45. The van der Waals surface area contributed by atoms with Gasteiger partial charge in [-0.25, -0.2) is 4.39 Å². The van der Waals surface area contributed by atoms with E-state index in [1.54, 1.807) is 12.1 Å². The number of rotatable bonds is 3. The zero-order chi connectivity index (χ0) is 12.3. The molecule has 2 rings (SSSR count). The van der Waals surface area contributed by atoms with Crippen LogP contribution < -0.4 is 5.32 Å². The van der Waals surface area contributed by atoms with Gasteiger partial charge in [-0.15, -0.1) is 24.8 Å². The average molecular weight is 330 g/mol. The number of piperazine rings is 1. The van der Waals surface area contributed by atoms with Gasteiger partial charge in [0.15, 0.2) is 0 Å². The molecule has 0 bridgehead atoms. The van der Waals surface area contributed by atoms with Gasteiger partial charge >= 0.3 is 0 Å². The van der Waals surface area contributed by atoms with Crippen LogP contribution in [0.2, 0.25) is 5.02 Å². The smallest absolute Gasteiger partial charge is 0.128 e. The Morgan fingerprint density at radius 3 is 2.53 bits per heavy atom. The van der Waals surface area contributed by atoms with Crippen LogP contribution in [0.15, 0.2) is 18.2 Å². The Bertz CT molecular complexity index is 384. The van der Waals surface area contributed by atoms with Crippen molar-refractivity contribution >= 4 is 36.4 Å². The van der Waals surface area contributed by atoms with E-state index in [2.05, 4.69) is 17.1 Å². The van der Waals surface area contributed by atoms with E-state index >= 15 is 0 Å². The number of hydrogen-bond acceptors (Lipinski definition) is 2. The molecule has 0 amide bonds. The van der Waals surface area contributed by atoms with Crippen molar-refractivity contribution in [2.45, 2.75) is 19.4 Å². The fourth-order valence-electron chi connectivity index (χ4n) is 2.44. The van der Waals surface area contributed by atoms with Gasteiger partial charge in [0.1, 0.15) is 5.82 Å². The van der Waals surface area contributed by atoms with Crippen molar-refractivity contribution in [3.8, 4) is 0 Å². The van der Waals surface area contributed by atoms with Crippen molar-refractivity contribution in [3.05, 3.63) is 34.6 Å². The second kappa shape index (κ2) is 8.98. The van der Waals surface area contributed by atoms with E-state index in [1.807, 2.05) is 0 Å². The first kappa shape index (κ1) is 18.9. The van der Waals surface area contributed by atoms with Crippen LogP contribution in [0.3, 0.4) is 0 Å². The molecular formula is C13H20Cl3FN2. The number of nitrogens with one attached hydrogen (secondary N) is 1. The lowest BCUT2D eigenvalue weighted by atomic mass is 10.0. The third-order valence-corrected chi connectivity index (χ3v) is 3.53. The van der Waals surface area contributed by atoms with E-state index in [9.17, 15) is 4.39 Å². The number of hydrogen-bond donors (Lipinski definition) is 1. The van der Waals surface area contributed by atoms with Gasteiger partial charge in [0.2, 0.25) is 0 Å². The predicted octanol–water partition coefficient (Wildman–Crippen LogP) is 3.68. The van der Waals surface area contributed by atoms with Crippen molar-refractivity contribution in [2.24, 2.45) is 0 Å². The molecule has 1 heterocycles. The molecule has 6 heteroatoms. The standard InChI is InChI=1S/C13H18ClFN2.2ClH/c1-2-13(17-7-5-16-6-8-17)11-9-10(14)3-4-12(11)15;;/h3-4,9,13,16H,2,5-8H2,1H3;2*1H/t13-;;/m0../s1. The fourth-order valence-corrected chi connectivity index (χ4v) is 2.62. The lowest BCUT2D eigenvalue weighted by molar-refractivity contribution is 0.166. The van der Waals surface area contributed by atoms with Gasteiger partial charge in [-0.05, 0) is 24.6 Å². The summed E-state index contributed by atoms with van der Waals surface area (Å²) in [6, 6.07) is 4.95. The van der Waals surface area contributed by atoms with Gasteiger partial charge in [0.05, 0.1) is 0 Å². The van der Waals surface area contributed by atoms with E-state index in [0.717, 1.165) is 38.2 Å². The molecule has 0 saturated carbocycles. The molecule has 0 unspecified atom stereocenters. The molecule has 1 fully saturated rings. The third-order valence-electron chi connectivity index (χ3n) is 3.30. The Balaban J connectivity index is 0.00000162. The number of nitrogens with zero attached hydrogens (tertiary/aromatic N) is 1. The van der Waals surface area contributed by atoms with Crippen molar-refractivity contribution in [3.63, 3.8) is 0 Å². The molecule has 110 valence electrons. The highest BCUT2D eigenvalue weighted by Gasteiger charge is 2.23. The van der Waals surface area contributed by atoms with E-state index in [0.29, 0.717) is 5.02 Å². The van der Waals surface area contributed by atoms with Gasteiger partial charge in [-0.2, -0.15) is 0 Å². The summed E-state index contributed by atoms with van der Waals surface area (Å²) in [6.07, 6.45) is 0.900. The largest absolute Gasteiger partial charge is 0.314 e. The minimum Gasteiger partial charge on any atom is -0.314 e. The maximum absolute atomic E-state index is 13.9. The normalized spacial score (nSPS) is 17.2. The first-order valence-electron chi connectivity index (χ1n) is 6.12. The van der Waals surface area contributed by atoms with Gasteiger partial charge in [0.25, 0.3) is 0 Å². The molecule has 0 spiro atoms. The number of halogens is 4. The second-order valence-electron chi connectivity index (χ2n) is 4.38. The highest BCUT2D eigenvalue weighted by Crippen LogP contribution is 2.28. The van der Waals surface area contributed by atoms with Crippen LogP contribution in [0, 0.1) is 5.82 Å². The summed E-state index contributed by atoms with van der Waals surface area (Å²) in [4.78, 5) is 2.32. The zero-order valence-electron chi connectivity index (χ0n) is 10.9. The molecule has 1 saturated heterocycles. The maximum Gasteiger partial charge on any atom is 0.128 e. The summed E-state index contributed by atoms with van der Waals surface area (Å²) in [5.41, 5.74) is 0.724. The quantitative estimate of drug-likeness (QED) is 0.910. The van der Waals surface area contributed by atoms with E-state index in [-0.39, 0.29) is 36.7 Å². The van der Waals surface area contributed by atoms with Gasteiger partial charge in [-0.3, -0.25) is 4.90 Å². The van der Waals surface area contributed by atoms with E-state index in [4.69, 9.17) is 11.6 Å². The fraction of sp³-hybridized carbons (Fsp3) is 0.538. The van der Waals surface area contributed by atoms with Crippen LogP contribution >= 0.6 is 36.4 Å². The Labute approximate surface area is 131 Å². The van der Waals surface area contributed by atoms with Crippen molar-refractivity contribution in [1.82, 2.24) is 10.2 Å². The monoisotopic (exact) mass is 328 g/mol. The first-order valence-corrected chi connectivity index (χ1v) is 6.50. The maximum atomic E-state index is 13.9. The summed E-state index contributed by atoms with van der Waals surface area (Å²) < 4.78 is 13.9. The summed E-state index contributed by atoms with van der Waals surface area (Å²) in [5, 5.41) is 3.92. The predicted molar refractivity (Wildman–Crippen MR) is 83.4 cm³/mol. The molecule has 1 N–H and O–H groups in total. The highest BCUT2D eigenvalue weighted by atomic mass is 35.5. The van der Waals surface area contributed by atoms with Crippen molar-refractivity contribution < 1.29 is 4.39 Å². The Hall–Kier alpha value is -0.0600. The second-order valence-corrected chi connectivity index (χ2v) is 4.81. The summed E-state index contributed by atoms with van der Waals surface area (Å²) in [6.45, 7) is 5.96. The molecular weight excluding hydrogens is 310 g/mol. The minimum absolute atomic E-state index is 0. The molecule has 1 aromatic carbocycles. The van der Waals surface area contributed by atoms with Gasteiger partial charge in [-0.1, -0.05) is 18.5 Å². The summed E-state index contributed by atoms with van der Waals surface area (Å²) in [7, 11) is 0. The highest BCUT2D eigenvalue weighted by molar-refractivity contribution is 6.30. The summed E-state index contributed by atoms with van der Waals surface area (Å²) in [5.74, 6) is -0.153. The average Bonchev–Trinajstić information content (AvgIpc) is 2.36. The van der Waals surface area contributed by atoms with Crippen LogP contribution in [0.5, 0.6) is 0 Å². The van der Waals surface area contributed by atoms with E-state index < -0.39 is 0 Å². The molecule has 1 aliphatic heterocycles. The zero-order valence-corrected chi connectivity index (χ0v) is 13.3. The van der Waals surface area contributed by atoms with Crippen LogP contribution in [0.25, 0.3) is 0 Å². The topological polar surface area (TPSA) is 15.3 Å². The van der Waals surface area contributed by atoms with Gasteiger partial charge < -0.3 is 5.32 Å². The molecule has 1 aliphatic rings. The van der Waals surface area contributed by atoms with Crippen molar-refractivity contribution in [2.75, 3.05) is 26.2 Å². The molecule has 0 aromatic heterocycles. The van der Waals surface area contributed by atoms with Crippen LogP contribution in [0.4, 0.5) is 4.39 Å². The summed E-state index contributed by atoms with van der Waals surface area (Å²) >= 11 is 5.96. The lowest BCUT2D eigenvalue weighted by Gasteiger charge is -2.34. The SMILES string of the molecule is CC[C@@H](c1cc(Cl)ccc1F)N1CCNCC1.Cl.Cl. The van der Waals surface area contributed by atoms with Crippen LogP contribution in [-0.2, 0) is 0 Å². The molecule has 2 nitrogen and oxygen atoms in total. The Morgan fingerprint density at radius 2 is 1.95 bits per heavy atom. The third kappa shape index (κ3) is 4.76. The molecule has 1 aromatic rings. The first-order chi connectivity index (χ1) is 8.22. The van der Waals surface area contributed by atoms with E-state index in [1.165, 1.54) is 6.07 Å². The van der Waals surface area contributed by atoms with Gasteiger partial charge in [0, 0.05) is 42.8 Å². The Kier molecular flexibility index (Phi) is 8.95. The molecule has 0 aliphatic carbocycles. The van der Waals surface area contributed by atoms with Crippen LogP contribution in [-0.4, -0.2) is 31.1 Å². The van der Waals surface area contributed by atoms with Crippen LogP contribution in [0.1, 0.15) is 24.9 Å². The molecule has 1 atom stereocenters. The minimum atomic E-state index is -0.153. The number of benzene rings is 1.